The Bertz CT molecular complexity index is 491. The van der Waals surface area contributed by atoms with Crippen molar-refractivity contribution in [3.8, 4) is 0 Å². The Morgan fingerprint density at radius 1 is 1.25 bits per heavy atom. The molecule has 3 aliphatic rings. The van der Waals surface area contributed by atoms with E-state index < -0.39 is 0 Å². The fourth-order valence-corrected chi connectivity index (χ4v) is 3.80. The highest BCUT2D eigenvalue weighted by Gasteiger charge is 2.58. The third kappa shape index (κ3) is 4.15. The molecule has 0 bridgehead atoms. The van der Waals surface area contributed by atoms with E-state index in [-0.39, 0.29) is 41.8 Å². The van der Waals surface area contributed by atoms with Crippen LogP contribution in [0.5, 0.6) is 0 Å². The zero-order valence-corrected chi connectivity index (χ0v) is 17.5. The molecule has 7 heteroatoms. The first-order valence-electron chi connectivity index (χ1n) is 8.79. The number of amides is 1. The van der Waals surface area contributed by atoms with Gasteiger partial charge in [-0.1, -0.05) is 13.8 Å². The van der Waals surface area contributed by atoms with Gasteiger partial charge in [0.25, 0.3) is 0 Å². The number of hydrogen-bond acceptors (Lipinski definition) is 3. The van der Waals surface area contributed by atoms with Crippen molar-refractivity contribution in [3.05, 3.63) is 0 Å². The largest absolute Gasteiger partial charge is 0.377 e. The van der Waals surface area contributed by atoms with Gasteiger partial charge in [0, 0.05) is 44.1 Å². The maximum Gasteiger partial charge on any atom is 0.243 e. The third-order valence-corrected chi connectivity index (χ3v) is 5.41. The van der Waals surface area contributed by atoms with Crippen LogP contribution in [0, 0.1) is 11.3 Å². The van der Waals surface area contributed by atoms with Gasteiger partial charge >= 0.3 is 0 Å². The number of hydrogen-bond donors (Lipinski definition) is 2. The zero-order valence-electron chi connectivity index (χ0n) is 15.2. The van der Waals surface area contributed by atoms with E-state index in [1.807, 2.05) is 0 Å². The predicted molar refractivity (Wildman–Crippen MR) is 106 cm³/mol. The van der Waals surface area contributed by atoms with E-state index in [4.69, 9.17) is 4.74 Å². The molecule has 3 unspecified atom stereocenters. The number of likely N-dealkylation sites (N-methyl/N-ethyl adjacent to an activating group) is 1. The van der Waals surface area contributed by atoms with Crippen molar-refractivity contribution in [3.63, 3.8) is 0 Å². The minimum absolute atomic E-state index is 0. The van der Waals surface area contributed by atoms with Gasteiger partial charge in [-0.15, -0.1) is 24.0 Å². The first-order chi connectivity index (χ1) is 10.9. The highest BCUT2D eigenvalue weighted by Crippen LogP contribution is 2.51. The molecule has 0 radical (unpaired) electrons. The molecule has 2 aliphatic carbocycles. The van der Waals surface area contributed by atoms with Crippen molar-refractivity contribution in [2.45, 2.75) is 57.7 Å². The van der Waals surface area contributed by atoms with Gasteiger partial charge in [0.1, 0.15) is 6.54 Å². The molecule has 3 rings (SSSR count). The lowest BCUT2D eigenvalue weighted by Gasteiger charge is -2.60. The summed E-state index contributed by atoms with van der Waals surface area (Å²) in [6.45, 7) is 5.59. The maximum absolute atomic E-state index is 11.8. The number of ether oxygens (including phenoxy) is 1. The SMILES string of the molecule is CN(C)C(=O)CN=C(NC1CC1)NC1C2CCCOC2C1(C)C.I. The molecule has 6 nitrogen and oxygen atoms in total. The molecular formula is C17H31IN4O2. The van der Waals surface area contributed by atoms with Crippen molar-refractivity contribution in [2.24, 2.45) is 16.3 Å². The van der Waals surface area contributed by atoms with Gasteiger partial charge < -0.3 is 20.3 Å². The van der Waals surface area contributed by atoms with Crippen molar-refractivity contribution < 1.29 is 9.53 Å². The van der Waals surface area contributed by atoms with Crippen LogP contribution in [0.3, 0.4) is 0 Å². The van der Waals surface area contributed by atoms with E-state index >= 15 is 0 Å². The second-order valence-electron chi connectivity index (χ2n) is 7.91. The maximum atomic E-state index is 11.8. The minimum atomic E-state index is 0. The zero-order chi connectivity index (χ0) is 16.6. The molecular weight excluding hydrogens is 419 g/mol. The fourth-order valence-electron chi connectivity index (χ4n) is 3.80. The van der Waals surface area contributed by atoms with Crippen LogP contribution < -0.4 is 10.6 Å². The summed E-state index contributed by atoms with van der Waals surface area (Å²) in [5, 5.41) is 7.04. The molecule has 1 heterocycles. The molecule has 0 aromatic heterocycles. The monoisotopic (exact) mass is 450 g/mol. The lowest BCUT2D eigenvalue weighted by molar-refractivity contribution is -0.188. The number of aliphatic imine (C=N–C) groups is 1. The summed E-state index contributed by atoms with van der Waals surface area (Å²) in [5.41, 5.74) is 0.0998. The van der Waals surface area contributed by atoms with Gasteiger partial charge in [0.15, 0.2) is 5.96 Å². The Hall–Kier alpha value is -0.570. The molecule has 1 saturated heterocycles. The number of halogens is 1. The van der Waals surface area contributed by atoms with E-state index in [0.717, 1.165) is 19.0 Å². The molecule has 3 fully saturated rings. The van der Waals surface area contributed by atoms with Gasteiger partial charge in [-0.25, -0.2) is 4.99 Å². The molecule has 138 valence electrons. The van der Waals surface area contributed by atoms with Gasteiger partial charge in [-0.3, -0.25) is 4.79 Å². The van der Waals surface area contributed by atoms with Gasteiger partial charge in [0.2, 0.25) is 5.91 Å². The number of fused-ring (bicyclic) bond motifs is 1. The van der Waals surface area contributed by atoms with Crippen LogP contribution in [-0.4, -0.2) is 62.2 Å². The van der Waals surface area contributed by atoms with Crippen molar-refractivity contribution in [2.75, 3.05) is 27.2 Å². The molecule has 0 aromatic rings. The molecule has 3 atom stereocenters. The summed E-state index contributed by atoms with van der Waals surface area (Å²) in [4.78, 5) is 17.9. The molecule has 0 aromatic carbocycles. The number of guanidine groups is 1. The first kappa shape index (κ1) is 19.8. The number of rotatable bonds is 4. The molecule has 1 amide bonds. The first-order valence-corrected chi connectivity index (χ1v) is 8.79. The second kappa shape index (κ2) is 7.76. The van der Waals surface area contributed by atoms with Crippen LogP contribution in [0.1, 0.15) is 39.5 Å². The van der Waals surface area contributed by atoms with E-state index in [1.54, 1.807) is 19.0 Å². The van der Waals surface area contributed by atoms with Gasteiger partial charge in [-0.2, -0.15) is 0 Å². The van der Waals surface area contributed by atoms with Crippen LogP contribution >= 0.6 is 24.0 Å². The van der Waals surface area contributed by atoms with E-state index in [2.05, 4.69) is 29.5 Å². The molecule has 24 heavy (non-hydrogen) atoms. The molecule has 2 N–H and O–H groups in total. The smallest absolute Gasteiger partial charge is 0.243 e. The summed E-state index contributed by atoms with van der Waals surface area (Å²) in [6, 6.07) is 0.865. The van der Waals surface area contributed by atoms with Gasteiger partial charge in [0.05, 0.1) is 6.10 Å². The fraction of sp³-hybridized carbons (Fsp3) is 0.882. The highest BCUT2D eigenvalue weighted by atomic mass is 127. The summed E-state index contributed by atoms with van der Waals surface area (Å²) < 4.78 is 5.97. The van der Waals surface area contributed by atoms with Crippen LogP contribution in [0.4, 0.5) is 0 Å². The van der Waals surface area contributed by atoms with Crippen molar-refractivity contribution >= 4 is 35.8 Å². The minimum Gasteiger partial charge on any atom is -0.377 e. The summed E-state index contributed by atoms with van der Waals surface area (Å²) in [6.07, 6.45) is 5.06. The predicted octanol–water partition coefficient (Wildman–Crippen LogP) is 1.59. The standard InChI is InChI=1S/C17H30N4O2.HI/c1-17(2)14(12-6-5-9-23-15(12)17)20-16(19-11-7-8-11)18-10-13(22)21(3)4;/h11-12,14-15H,5-10H2,1-4H3,(H2,18,19,20);1H. The quantitative estimate of drug-likeness (QED) is 0.388. The van der Waals surface area contributed by atoms with Crippen LogP contribution in [0.2, 0.25) is 0 Å². The van der Waals surface area contributed by atoms with Gasteiger partial charge in [-0.05, 0) is 25.7 Å². The van der Waals surface area contributed by atoms with Crippen molar-refractivity contribution in [1.82, 2.24) is 15.5 Å². The van der Waals surface area contributed by atoms with Crippen LogP contribution in [-0.2, 0) is 9.53 Å². The highest BCUT2D eigenvalue weighted by molar-refractivity contribution is 14.0. The Morgan fingerprint density at radius 2 is 1.96 bits per heavy atom. The average molecular weight is 450 g/mol. The van der Waals surface area contributed by atoms with Crippen molar-refractivity contribution in [1.29, 1.82) is 0 Å². The van der Waals surface area contributed by atoms with E-state index in [9.17, 15) is 4.79 Å². The van der Waals surface area contributed by atoms with Crippen LogP contribution in [0.25, 0.3) is 0 Å². The van der Waals surface area contributed by atoms with E-state index in [0.29, 0.717) is 24.1 Å². The lowest BCUT2D eigenvalue weighted by Crippen LogP contribution is -2.71. The Balaban J connectivity index is 0.00000208. The number of carbonyl (C=O) groups is 1. The number of carbonyl (C=O) groups excluding carboxylic acids is 1. The Morgan fingerprint density at radius 3 is 2.58 bits per heavy atom. The van der Waals surface area contributed by atoms with Crippen LogP contribution in [0.15, 0.2) is 4.99 Å². The number of nitrogens with one attached hydrogen (secondary N) is 2. The Kier molecular flexibility index (Phi) is 6.39. The third-order valence-electron chi connectivity index (χ3n) is 5.41. The average Bonchev–Trinajstić information content (AvgIpc) is 3.33. The molecule has 0 spiro atoms. The normalized spacial score (nSPS) is 31.2. The summed E-state index contributed by atoms with van der Waals surface area (Å²) >= 11 is 0. The topological polar surface area (TPSA) is 66.0 Å². The molecule has 2 saturated carbocycles. The Labute approximate surface area is 162 Å². The summed E-state index contributed by atoms with van der Waals surface area (Å²) in [7, 11) is 3.52. The summed E-state index contributed by atoms with van der Waals surface area (Å²) in [5.74, 6) is 1.35. The second-order valence-corrected chi connectivity index (χ2v) is 7.91. The number of nitrogens with zero attached hydrogens (tertiary/aromatic N) is 2. The lowest BCUT2D eigenvalue weighted by atomic mass is 9.55. The van der Waals surface area contributed by atoms with E-state index in [1.165, 1.54) is 19.3 Å². The molecule has 1 aliphatic heterocycles.